The Hall–Kier alpha value is -1.35. The van der Waals surface area contributed by atoms with E-state index in [4.69, 9.17) is 5.11 Å². The van der Waals surface area contributed by atoms with Crippen LogP contribution in [0.1, 0.15) is 25.3 Å². The molecule has 3 heteroatoms. The van der Waals surface area contributed by atoms with Gasteiger partial charge in [-0.3, -0.25) is 4.79 Å². The van der Waals surface area contributed by atoms with E-state index in [0.29, 0.717) is 0 Å². The smallest absolute Gasteiger partial charge is 0.307 e. The number of carboxylic acid groups (broad SMARTS) is 1. The van der Waals surface area contributed by atoms with Crippen LogP contribution in [-0.2, 0) is 11.2 Å². The third-order valence-corrected chi connectivity index (χ3v) is 3.21. The average molecular weight is 249 g/mol. The largest absolute Gasteiger partial charge is 0.481 e. The lowest BCUT2D eigenvalue weighted by atomic mass is 10.00. The first-order valence-corrected chi connectivity index (χ1v) is 6.52. The van der Waals surface area contributed by atoms with Gasteiger partial charge in [0, 0.05) is 0 Å². The lowest BCUT2D eigenvalue weighted by Crippen LogP contribution is -2.28. The van der Waals surface area contributed by atoms with Crippen molar-refractivity contribution in [3.05, 3.63) is 35.9 Å². The van der Waals surface area contributed by atoms with Gasteiger partial charge in [-0.15, -0.1) is 0 Å². The highest BCUT2D eigenvalue weighted by Gasteiger charge is 2.10. The fourth-order valence-electron chi connectivity index (χ4n) is 1.91. The highest BCUT2D eigenvalue weighted by Crippen LogP contribution is 2.13. The van der Waals surface area contributed by atoms with E-state index in [1.807, 2.05) is 18.2 Å². The van der Waals surface area contributed by atoms with E-state index >= 15 is 0 Å². The molecule has 0 aromatic heterocycles. The van der Waals surface area contributed by atoms with Crippen molar-refractivity contribution in [3.8, 4) is 0 Å². The highest BCUT2D eigenvalue weighted by atomic mass is 16.4. The number of piperidine rings is 1. The van der Waals surface area contributed by atoms with Crippen LogP contribution in [-0.4, -0.2) is 36.1 Å². The molecule has 18 heavy (non-hydrogen) atoms. The number of hydrogen-bond donors (Lipinski definition) is 1. The summed E-state index contributed by atoms with van der Waals surface area (Å²) in [6.45, 7) is 4.95. The summed E-state index contributed by atoms with van der Waals surface area (Å²) in [6.07, 6.45) is 2.91. The molecule has 1 saturated heterocycles. The summed E-state index contributed by atoms with van der Waals surface area (Å²) in [7, 11) is 2.20. The van der Waals surface area contributed by atoms with Gasteiger partial charge in [0.2, 0.25) is 0 Å². The normalized spacial score (nSPS) is 16.8. The highest BCUT2D eigenvalue weighted by molar-refractivity contribution is 5.70. The summed E-state index contributed by atoms with van der Waals surface area (Å²) in [4.78, 5) is 12.6. The zero-order valence-corrected chi connectivity index (χ0v) is 11.3. The van der Waals surface area contributed by atoms with Crippen LogP contribution < -0.4 is 0 Å². The van der Waals surface area contributed by atoms with E-state index in [2.05, 4.69) is 18.9 Å². The van der Waals surface area contributed by atoms with Crippen LogP contribution in [0.2, 0.25) is 0 Å². The molecule has 1 heterocycles. The number of nitrogens with zero attached hydrogens (tertiary/aromatic N) is 1. The topological polar surface area (TPSA) is 40.5 Å². The molecule has 0 bridgehead atoms. The summed E-state index contributed by atoms with van der Waals surface area (Å²) in [5.41, 5.74) is 0.843. The molecule has 100 valence electrons. The molecule has 0 aliphatic carbocycles. The Morgan fingerprint density at radius 3 is 2.28 bits per heavy atom. The maximum absolute atomic E-state index is 10.2. The first kappa shape index (κ1) is 14.7. The van der Waals surface area contributed by atoms with Gasteiger partial charge in [-0.2, -0.15) is 0 Å². The van der Waals surface area contributed by atoms with E-state index in [-0.39, 0.29) is 6.42 Å². The van der Waals surface area contributed by atoms with Crippen molar-refractivity contribution in [2.45, 2.75) is 26.2 Å². The number of carboxylic acids is 1. The quantitative estimate of drug-likeness (QED) is 0.876. The Morgan fingerprint density at radius 2 is 1.83 bits per heavy atom. The molecule has 1 aliphatic rings. The Balaban J connectivity index is 0.000000184. The molecular formula is C15H23NO2. The SMILES string of the molecule is CC1CCN(C)CC1.O=C(O)Cc1ccccc1. The van der Waals surface area contributed by atoms with Crippen LogP contribution in [0.15, 0.2) is 30.3 Å². The summed E-state index contributed by atoms with van der Waals surface area (Å²) in [6, 6.07) is 9.13. The second kappa shape index (κ2) is 7.88. The molecule has 0 atom stereocenters. The van der Waals surface area contributed by atoms with Crippen LogP contribution in [0, 0.1) is 5.92 Å². The first-order chi connectivity index (χ1) is 8.58. The number of likely N-dealkylation sites (tertiary alicyclic amines) is 1. The van der Waals surface area contributed by atoms with Gasteiger partial charge >= 0.3 is 5.97 Å². The van der Waals surface area contributed by atoms with Crippen LogP contribution in [0.3, 0.4) is 0 Å². The van der Waals surface area contributed by atoms with E-state index in [9.17, 15) is 4.79 Å². The molecule has 1 fully saturated rings. The Morgan fingerprint density at radius 1 is 1.28 bits per heavy atom. The van der Waals surface area contributed by atoms with Crippen molar-refractivity contribution in [2.75, 3.05) is 20.1 Å². The fourth-order valence-corrected chi connectivity index (χ4v) is 1.91. The van der Waals surface area contributed by atoms with Crippen LogP contribution >= 0.6 is 0 Å². The van der Waals surface area contributed by atoms with E-state index in [0.717, 1.165) is 11.5 Å². The van der Waals surface area contributed by atoms with Gasteiger partial charge in [0.1, 0.15) is 0 Å². The molecular weight excluding hydrogens is 226 g/mol. The monoisotopic (exact) mass is 249 g/mol. The summed E-state index contributed by atoms with van der Waals surface area (Å²) >= 11 is 0. The van der Waals surface area contributed by atoms with E-state index in [1.165, 1.54) is 25.9 Å². The minimum absolute atomic E-state index is 0.112. The number of aliphatic carboxylic acids is 1. The summed E-state index contributed by atoms with van der Waals surface area (Å²) in [5, 5.41) is 8.37. The zero-order valence-electron chi connectivity index (χ0n) is 11.3. The van der Waals surface area contributed by atoms with Gasteiger partial charge in [-0.1, -0.05) is 37.3 Å². The van der Waals surface area contributed by atoms with E-state index < -0.39 is 5.97 Å². The predicted molar refractivity (Wildman–Crippen MR) is 73.7 cm³/mol. The molecule has 0 saturated carbocycles. The molecule has 1 aromatic carbocycles. The molecule has 1 aromatic rings. The van der Waals surface area contributed by atoms with Crippen LogP contribution in [0.25, 0.3) is 0 Å². The Bertz CT molecular complexity index is 333. The van der Waals surface area contributed by atoms with Crippen molar-refractivity contribution in [1.29, 1.82) is 0 Å². The molecule has 3 nitrogen and oxygen atoms in total. The number of benzene rings is 1. The minimum Gasteiger partial charge on any atom is -0.481 e. The average Bonchev–Trinajstić information content (AvgIpc) is 2.34. The maximum atomic E-state index is 10.2. The maximum Gasteiger partial charge on any atom is 0.307 e. The third-order valence-electron chi connectivity index (χ3n) is 3.21. The molecule has 0 radical (unpaired) electrons. The minimum atomic E-state index is -0.786. The number of rotatable bonds is 2. The molecule has 1 aliphatic heterocycles. The second-order valence-electron chi connectivity index (χ2n) is 5.04. The summed E-state index contributed by atoms with van der Waals surface area (Å²) in [5.74, 6) is 0.192. The number of carbonyl (C=O) groups is 1. The standard InChI is InChI=1S/C8H8O2.C7H15N/c9-8(10)6-7-4-2-1-3-5-7;1-7-3-5-8(2)6-4-7/h1-5H,6H2,(H,9,10);7H,3-6H2,1-2H3. The van der Waals surface area contributed by atoms with Gasteiger partial charge in [0.15, 0.2) is 0 Å². The molecule has 2 rings (SSSR count). The van der Waals surface area contributed by atoms with Crippen molar-refractivity contribution < 1.29 is 9.90 Å². The van der Waals surface area contributed by atoms with Crippen molar-refractivity contribution in [1.82, 2.24) is 4.90 Å². The zero-order chi connectivity index (χ0) is 13.4. The Kier molecular flexibility index (Phi) is 6.44. The van der Waals surface area contributed by atoms with Gasteiger partial charge in [0.05, 0.1) is 6.42 Å². The summed E-state index contributed by atoms with van der Waals surface area (Å²) < 4.78 is 0. The van der Waals surface area contributed by atoms with Gasteiger partial charge in [0.25, 0.3) is 0 Å². The van der Waals surface area contributed by atoms with Crippen molar-refractivity contribution in [2.24, 2.45) is 5.92 Å². The van der Waals surface area contributed by atoms with Crippen LogP contribution in [0.5, 0.6) is 0 Å². The van der Waals surface area contributed by atoms with Crippen LogP contribution in [0.4, 0.5) is 0 Å². The molecule has 0 unspecified atom stereocenters. The van der Waals surface area contributed by atoms with Gasteiger partial charge < -0.3 is 10.0 Å². The Labute approximate surface area is 109 Å². The number of hydrogen-bond acceptors (Lipinski definition) is 2. The molecule has 0 spiro atoms. The van der Waals surface area contributed by atoms with Gasteiger partial charge in [-0.05, 0) is 44.5 Å². The van der Waals surface area contributed by atoms with Gasteiger partial charge in [-0.25, -0.2) is 0 Å². The lowest BCUT2D eigenvalue weighted by Gasteiger charge is -2.26. The first-order valence-electron chi connectivity index (χ1n) is 6.52. The van der Waals surface area contributed by atoms with Crippen molar-refractivity contribution >= 4 is 5.97 Å². The lowest BCUT2D eigenvalue weighted by molar-refractivity contribution is -0.136. The third kappa shape index (κ3) is 6.40. The predicted octanol–water partition coefficient (Wildman–Crippen LogP) is 2.66. The molecule has 1 N–H and O–H groups in total. The molecule has 0 amide bonds. The van der Waals surface area contributed by atoms with E-state index in [1.54, 1.807) is 12.1 Å². The fraction of sp³-hybridized carbons (Fsp3) is 0.533. The second-order valence-corrected chi connectivity index (χ2v) is 5.04. The van der Waals surface area contributed by atoms with Crippen molar-refractivity contribution in [3.63, 3.8) is 0 Å².